The number of benzene rings is 1. The summed E-state index contributed by atoms with van der Waals surface area (Å²) in [7, 11) is 0. The van der Waals surface area contributed by atoms with E-state index in [1.54, 1.807) is 0 Å². The molecule has 1 aromatic carbocycles. The van der Waals surface area contributed by atoms with Crippen LogP contribution in [0.4, 0.5) is 10.1 Å². The van der Waals surface area contributed by atoms with E-state index in [9.17, 15) is 4.39 Å². The fourth-order valence-electron chi connectivity index (χ4n) is 1.20. The lowest BCUT2D eigenvalue weighted by Crippen LogP contribution is -1.89. The van der Waals surface area contributed by atoms with Crippen LogP contribution < -0.4 is 5.73 Å². The molecule has 0 atom stereocenters. The van der Waals surface area contributed by atoms with Crippen LogP contribution in [0.15, 0.2) is 24.4 Å². The van der Waals surface area contributed by atoms with Crippen LogP contribution in [0.25, 0.3) is 11.3 Å². The molecule has 3 N–H and O–H groups in total. The fourth-order valence-corrected chi connectivity index (χ4v) is 1.37. The molecule has 1 aromatic heterocycles. The van der Waals surface area contributed by atoms with Gasteiger partial charge in [-0.25, -0.2) is 4.39 Å². The molecule has 0 aliphatic heterocycles. The van der Waals surface area contributed by atoms with Crippen LogP contribution in [0.2, 0.25) is 5.02 Å². The number of aromatic amines is 1. The Balaban J connectivity index is 2.62. The SMILES string of the molecule is Nc1cn[nH]c1-c1cc(Cl)ccc1F. The van der Waals surface area contributed by atoms with Gasteiger partial charge in [0.2, 0.25) is 0 Å². The number of hydrogen-bond donors (Lipinski definition) is 2. The third-order valence-electron chi connectivity index (χ3n) is 1.87. The molecule has 0 fully saturated rings. The molecular weight excluding hydrogens is 205 g/mol. The van der Waals surface area contributed by atoms with Crippen molar-refractivity contribution >= 4 is 17.3 Å². The quantitative estimate of drug-likeness (QED) is 0.761. The summed E-state index contributed by atoms with van der Waals surface area (Å²) in [6, 6.07) is 4.27. The lowest BCUT2D eigenvalue weighted by molar-refractivity contribution is 0.630. The van der Waals surface area contributed by atoms with Crippen LogP contribution in [0.3, 0.4) is 0 Å². The lowest BCUT2D eigenvalue weighted by Gasteiger charge is -2.01. The average molecular weight is 212 g/mol. The number of nitrogens with two attached hydrogens (primary N) is 1. The first-order valence-electron chi connectivity index (χ1n) is 3.93. The number of rotatable bonds is 1. The maximum absolute atomic E-state index is 13.4. The van der Waals surface area contributed by atoms with Crippen LogP contribution in [0.1, 0.15) is 0 Å². The standard InChI is InChI=1S/C9H7ClFN3/c10-5-1-2-7(11)6(3-5)9-8(12)4-13-14-9/h1-4H,12H2,(H,13,14). The number of nitrogens with zero attached hydrogens (tertiary/aromatic N) is 1. The first-order chi connectivity index (χ1) is 6.68. The zero-order valence-electron chi connectivity index (χ0n) is 7.09. The van der Waals surface area contributed by atoms with Crippen molar-refractivity contribution in [3.8, 4) is 11.3 Å². The highest BCUT2D eigenvalue weighted by Gasteiger charge is 2.10. The van der Waals surface area contributed by atoms with Gasteiger partial charge < -0.3 is 5.73 Å². The summed E-state index contributed by atoms with van der Waals surface area (Å²) in [5.74, 6) is -0.384. The Hall–Kier alpha value is -1.55. The van der Waals surface area contributed by atoms with Crippen molar-refractivity contribution in [3.05, 3.63) is 35.2 Å². The van der Waals surface area contributed by atoms with E-state index in [1.165, 1.54) is 24.4 Å². The van der Waals surface area contributed by atoms with Crippen molar-refractivity contribution in [3.63, 3.8) is 0 Å². The van der Waals surface area contributed by atoms with Crippen molar-refractivity contribution in [2.24, 2.45) is 0 Å². The minimum absolute atomic E-state index is 0.326. The average Bonchev–Trinajstić information content (AvgIpc) is 2.56. The highest BCUT2D eigenvalue weighted by atomic mass is 35.5. The number of nitrogen functional groups attached to an aromatic ring is 1. The van der Waals surface area contributed by atoms with Gasteiger partial charge in [0.25, 0.3) is 0 Å². The molecule has 5 heteroatoms. The maximum atomic E-state index is 13.4. The number of nitrogens with one attached hydrogen (secondary N) is 1. The summed E-state index contributed by atoms with van der Waals surface area (Å²) < 4.78 is 13.4. The second-order valence-electron chi connectivity index (χ2n) is 2.82. The minimum atomic E-state index is -0.384. The first-order valence-corrected chi connectivity index (χ1v) is 4.30. The van der Waals surface area contributed by atoms with E-state index in [-0.39, 0.29) is 5.82 Å². The molecule has 0 saturated heterocycles. The van der Waals surface area contributed by atoms with Crippen LogP contribution in [0, 0.1) is 5.82 Å². The summed E-state index contributed by atoms with van der Waals surface area (Å²) in [5.41, 5.74) is 6.76. The molecule has 2 rings (SSSR count). The second-order valence-corrected chi connectivity index (χ2v) is 3.26. The predicted molar refractivity (Wildman–Crippen MR) is 53.4 cm³/mol. The van der Waals surface area contributed by atoms with E-state index < -0.39 is 0 Å². The maximum Gasteiger partial charge on any atom is 0.132 e. The van der Waals surface area contributed by atoms with Gasteiger partial charge in [0.1, 0.15) is 5.82 Å². The van der Waals surface area contributed by atoms with Crippen molar-refractivity contribution in [1.82, 2.24) is 10.2 Å². The van der Waals surface area contributed by atoms with E-state index in [1.807, 2.05) is 0 Å². The molecule has 72 valence electrons. The zero-order valence-corrected chi connectivity index (χ0v) is 7.85. The fraction of sp³-hybridized carbons (Fsp3) is 0. The van der Waals surface area contributed by atoms with E-state index >= 15 is 0 Å². The molecule has 0 aliphatic carbocycles. The molecule has 0 spiro atoms. The summed E-state index contributed by atoms with van der Waals surface area (Å²) in [4.78, 5) is 0. The Labute approximate surface area is 84.7 Å². The van der Waals surface area contributed by atoms with Crippen molar-refractivity contribution in [1.29, 1.82) is 0 Å². The normalized spacial score (nSPS) is 10.4. The molecule has 0 saturated carbocycles. The summed E-state index contributed by atoms with van der Waals surface area (Å²) in [6.45, 7) is 0. The van der Waals surface area contributed by atoms with Gasteiger partial charge in [-0.3, -0.25) is 5.10 Å². The van der Waals surface area contributed by atoms with E-state index in [4.69, 9.17) is 17.3 Å². The minimum Gasteiger partial charge on any atom is -0.396 e. The summed E-state index contributed by atoms with van der Waals surface area (Å²) >= 11 is 5.74. The van der Waals surface area contributed by atoms with E-state index in [0.717, 1.165) is 0 Å². The Bertz CT molecular complexity index is 467. The monoisotopic (exact) mass is 211 g/mol. The Kier molecular flexibility index (Phi) is 2.13. The van der Waals surface area contributed by atoms with Crippen molar-refractivity contribution in [2.75, 3.05) is 5.73 Å². The Morgan fingerprint density at radius 2 is 2.21 bits per heavy atom. The van der Waals surface area contributed by atoms with Gasteiger partial charge in [-0.2, -0.15) is 5.10 Å². The molecule has 0 unspecified atom stereocenters. The Morgan fingerprint density at radius 3 is 2.86 bits per heavy atom. The molecule has 0 bridgehead atoms. The molecule has 2 aromatic rings. The van der Waals surface area contributed by atoms with Gasteiger partial charge in [-0.15, -0.1) is 0 Å². The lowest BCUT2D eigenvalue weighted by atomic mass is 10.1. The predicted octanol–water partition coefficient (Wildman–Crippen LogP) is 2.45. The van der Waals surface area contributed by atoms with E-state index in [2.05, 4.69) is 10.2 Å². The number of aromatic nitrogens is 2. The van der Waals surface area contributed by atoms with Crippen LogP contribution in [-0.2, 0) is 0 Å². The molecule has 0 aliphatic rings. The zero-order chi connectivity index (χ0) is 10.1. The van der Waals surface area contributed by atoms with Crippen LogP contribution in [-0.4, -0.2) is 10.2 Å². The van der Waals surface area contributed by atoms with E-state index in [0.29, 0.717) is 22.0 Å². The summed E-state index contributed by atoms with van der Waals surface area (Å²) in [5, 5.41) is 6.78. The van der Waals surface area contributed by atoms with Gasteiger partial charge in [-0.1, -0.05) is 11.6 Å². The Morgan fingerprint density at radius 1 is 1.43 bits per heavy atom. The molecule has 1 heterocycles. The molecule has 3 nitrogen and oxygen atoms in total. The summed E-state index contributed by atoms with van der Waals surface area (Å²) in [6.07, 6.45) is 1.43. The molecule has 0 radical (unpaired) electrons. The van der Waals surface area contributed by atoms with Gasteiger partial charge in [-0.05, 0) is 18.2 Å². The topological polar surface area (TPSA) is 54.7 Å². The third-order valence-corrected chi connectivity index (χ3v) is 2.10. The smallest absolute Gasteiger partial charge is 0.132 e. The molecule has 14 heavy (non-hydrogen) atoms. The highest BCUT2D eigenvalue weighted by Crippen LogP contribution is 2.27. The van der Waals surface area contributed by atoms with Gasteiger partial charge in [0.05, 0.1) is 17.6 Å². The largest absolute Gasteiger partial charge is 0.396 e. The van der Waals surface area contributed by atoms with Crippen molar-refractivity contribution in [2.45, 2.75) is 0 Å². The number of H-pyrrole nitrogens is 1. The van der Waals surface area contributed by atoms with Crippen molar-refractivity contribution < 1.29 is 4.39 Å². The third kappa shape index (κ3) is 1.44. The number of anilines is 1. The first kappa shape index (κ1) is 9.02. The van der Waals surface area contributed by atoms with Crippen LogP contribution >= 0.6 is 11.6 Å². The highest BCUT2D eigenvalue weighted by molar-refractivity contribution is 6.30. The van der Waals surface area contributed by atoms with Gasteiger partial charge >= 0.3 is 0 Å². The molecular formula is C9H7ClFN3. The van der Waals surface area contributed by atoms with Gasteiger partial charge in [0, 0.05) is 10.6 Å². The van der Waals surface area contributed by atoms with Crippen LogP contribution in [0.5, 0.6) is 0 Å². The van der Waals surface area contributed by atoms with Gasteiger partial charge in [0.15, 0.2) is 0 Å². The molecule has 0 amide bonds. The number of hydrogen-bond acceptors (Lipinski definition) is 2. The second kappa shape index (κ2) is 3.31. The number of halogens is 2.